The largest absolute Gasteiger partial charge is 0.493 e. The van der Waals surface area contributed by atoms with Crippen molar-refractivity contribution in [3.05, 3.63) is 86.2 Å². The molecule has 148 valence electrons. The van der Waals surface area contributed by atoms with Gasteiger partial charge in [0.1, 0.15) is 11.8 Å². The summed E-state index contributed by atoms with van der Waals surface area (Å²) >= 11 is 8.16. The van der Waals surface area contributed by atoms with Crippen molar-refractivity contribution in [2.24, 2.45) is 5.10 Å². The first-order valence-electron chi connectivity index (χ1n) is 8.56. The second-order valence-electron chi connectivity index (χ2n) is 5.87. The second-order valence-corrected chi connectivity index (χ2v) is 7.47. The van der Waals surface area contributed by atoms with Crippen molar-refractivity contribution in [2.75, 3.05) is 7.11 Å². The van der Waals surface area contributed by atoms with E-state index in [0.29, 0.717) is 18.1 Å². The summed E-state index contributed by atoms with van der Waals surface area (Å²) in [7, 11) is 1.57. The van der Waals surface area contributed by atoms with Crippen LogP contribution < -0.4 is 14.9 Å². The number of benzene rings is 2. The van der Waals surface area contributed by atoms with E-state index in [9.17, 15) is 4.79 Å². The number of pyridine rings is 1. The first-order valence-corrected chi connectivity index (χ1v) is 10.0. The Balaban J connectivity index is 1.63. The van der Waals surface area contributed by atoms with Gasteiger partial charge in [0.05, 0.1) is 18.9 Å². The van der Waals surface area contributed by atoms with Crippen molar-refractivity contribution in [1.82, 2.24) is 10.4 Å². The van der Waals surface area contributed by atoms with Gasteiger partial charge in [0.25, 0.3) is 5.91 Å². The van der Waals surface area contributed by atoms with E-state index in [0.717, 1.165) is 11.1 Å². The molecule has 0 saturated heterocycles. The highest BCUT2D eigenvalue weighted by Gasteiger charge is 2.09. The summed E-state index contributed by atoms with van der Waals surface area (Å²) < 4.78 is 12.4. The third kappa shape index (κ3) is 5.91. The lowest BCUT2D eigenvalue weighted by atomic mass is 10.2. The fraction of sp³-hybridized carbons (Fsp3) is 0.0952. The third-order valence-electron chi connectivity index (χ3n) is 3.88. The molecular formula is C21H17ClIN3O3. The van der Waals surface area contributed by atoms with Crippen molar-refractivity contribution in [1.29, 1.82) is 0 Å². The summed E-state index contributed by atoms with van der Waals surface area (Å²) in [6.45, 7) is 0.433. The minimum absolute atomic E-state index is 0.122. The summed E-state index contributed by atoms with van der Waals surface area (Å²) in [6.07, 6.45) is 3.02. The van der Waals surface area contributed by atoms with Crippen LogP contribution in [0.5, 0.6) is 11.5 Å². The van der Waals surface area contributed by atoms with E-state index in [1.807, 2.05) is 30.3 Å². The van der Waals surface area contributed by atoms with Crippen LogP contribution in [0.1, 0.15) is 21.5 Å². The Morgan fingerprint density at radius 2 is 2.00 bits per heavy atom. The van der Waals surface area contributed by atoms with Crippen LogP contribution in [-0.4, -0.2) is 24.2 Å². The predicted octanol–water partition coefficient (Wildman–Crippen LogP) is 4.69. The van der Waals surface area contributed by atoms with Gasteiger partial charge in [-0.15, -0.1) is 0 Å². The Morgan fingerprint density at radius 3 is 2.72 bits per heavy atom. The molecule has 0 fully saturated rings. The van der Waals surface area contributed by atoms with Crippen molar-refractivity contribution in [3.8, 4) is 11.5 Å². The number of ether oxygens (including phenoxy) is 2. The maximum absolute atomic E-state index is 12.1. The number of methoxy groups -OCH3 is 1. The number of hydrogen-bond donors (Lipinski definition) is 1. The van der Waals surface area contributed by atoms with E-state index in [2.05, 4.69) is 38.1 Å². The molecule has 1 N–H and O–H groups in total. The number of amides is 1. The molecule has 0 saturated carbocycles. The number of carbonyl (C=O) groups is 1. The molecule has 3 rings (SSSR count). The Kier molecular flexibility index (Phi) is 7.42. The average Bonchev–Trinajstić information content (AvgIpc) is 2.74. The van der Waals surface area contributed by atoms with Gasteiger partial charge in [0, 0.05) is 9.77 Å². The minimum atomic E-state index is -0.441. The van der Waals surface area contributed by atoms with Gasteiger partial charge in [-0.25, -0.2) is 10.4 Å². The molecule has 0 bridgehead atoms. The highest BCUT2D eigenvalue weighted by molar-refractivity contribution is 14.1. The monoisotopic (exact) mass is 521 g/mol. The molecule has 1 aromatic heterocycles. The fourth-order valence-electron chi connectivity index (χ4n) is 2.41. The van der Waals surface area contributed by atoms with E-state index in [4.69, 9.17) is 21.1 Å². The molecule has 29 heavy (non-hydrogen) atoms. The summed E-state index contributed by atoms with van der Waals surface area (Å²) in [5.41, 5.74) is 4.48. The van der Waals surface area contributed by atoms with Gasteiger partial charge < -0.3 is 9.47 Å². The average molecular weight is 522 g/mol. The molecule has 3 aromatic rings. The lowest BCUT2D eigenvalue weighted by Crippen LogP contribution is -2.18. The second kappa shape index (κ2) is 10.2. The van der Waals surface area contributed by atoms with Gasteiger partial charge in [-0.2, -0.15) is 5.10 Å². The number of aromatic nitrogens is 1. The molecule has 0 aliphatic carbocycles. The zero-order valence-electron chi connectivity index (χ0n) is 15.4. The summed E-state index contributed by atoms with van der Waals surface area (Å²) in [6, 6.07) is 16.7. The normalized spacial score (nSPS) is 10.7. The van der Waals surface area contributed by atoms with E-state index >= 15 is 0 Å². The molecule has 0 aliphatic rings. The summed E-state index contributed by atoms with van der Waals surface area (Å²) in [4.78, 5) is 15.9. The smallest absolute Gasteiger partial charge is 0.274 e. The predicted molar refractivity (Wildman–Crippen MR) is 121 cm³/mol. The quantitative estimate of drug-likeness (QED) is 0.212. The number of nitrogens with zero attached hydrogens (tertiary/aromatic N) is 2. The van der Waals surface area contributed by atoms with Crippen molar-refractivity contribution in [3.63, 3.8) is 0 Å². The molecule has 8 heteroatoms. The lowest BCUT2D eigenvalue weighted by Gasteiger charge is -2.11. The van der Waals surface area contributed by atoms with Crippen LogP contribution >= 0.6 is 34.2 Å². The van der Waals surface area contributed by atoms with Crippen LogP contribution in [-0.2, 0) is 6.61 Å². The fourth-order valence-corrected chi connectivity index (χ4v) is 2.97. The van der Waals surface area contributed by atoms with Gasteiger partial charge in [-0.1, -0.05) is 23.7 Å². The lowest BCUT2D eigenvalue weighted by molar-refractivity contribution is 0.0955. The van der Waals surface area contributed by atoms with Gasteiger partial charge in [0.15, 0.2) is 11.5 Å². The zero-order valence-corrected chi connectivity index (χ0v) is 18.3. The highest BCUT2D eigenvalue weighted by atomic mass is 127. The molecule has 1 heterocycles. The number of hydrogen-bond acceptors (Lipinski definition) is 5. The molecule has 0 atom stereocenters. The minimum Gasteiger partial charge on any atom is -0.493 e. The van der Waals surface area contributed by atoms with Crippen LogP contribution in [0.4, 0.5) is 0 Å². The standard InChI is InChI=1S/C21H17ClIN3O3/c1-28-19-11-15(12-25-26-21(27)17-3-2-10-24-20(17)22)6-9-18(19)29-13-14-4-7-16(23)8-5-14/h2-12H,13H2,1H3,(H,26,27). The van der Waals surface area contributed by atoms with E-state index in [-0.39, 0.29) is 10.7 Å². The van der Waals surface area contributed by atoms with Crippen molar-refractivity contribution < 1.29 is 14.3 Å². The van der Waals surface area contributed by atoms with Crippen LogP contribution in [0.3, 0.4) is 0 Å². The number of halogens is 2. The zero-order chi connectivity index (χ0) is 20.6. The van der Waals surface area contributed by atoms with Gasteiger partial charge >= 0.3 is 0 Å². The van der Waals surface area contributed by atoms with E-state index < -0.39 is 5.91 Å². The van der Waals surface area contributed by atoms with E-state index in [1.165, 1.54) is 16.0 Å². The Hall–Kier alpha value is -2.65. The molecule has 0 aliphatic heterocycles. The third-order valence-corrected chi connectivity index (χ3v) is 4.90. The van der Waals surface area contributed by atoms with E-state index in [1.54, 1.807) is 31.4 Å². The molecule has 1 amide bonds. The topological polar surface area (TPSA) is 72.8 Å². The van der Waals surface area contributed by atoms with Gasteiger partial charge in [-0.3, -0.25) is 4.79 Å². The Morgan fingerprint density at radius 1 is 1.21 bits per heavy atom. The summed E-state index contributed by atoms with van der Waals surface area (Å²) in [5.74, 6) is 0.749. The van der Waals surface area contributed by atoms with Crippen LogP contribution in [0.2, 0.25) is 5.15 Å². The molecule has 2 aromatic carbocycles. The first kappa shape index (κ1) is 21.1. The van der Waals surface area contributed by atoms with Crippen molar-refractivity contribution in [2.45, 2.75) is 6.61 Å². The van der Waals surface area contributed by atoms with Crippen molar-refractivity contribution >= 4 is 46.3 Å². The molecule has 0 radical (unpaired) electrons. The van der Waals surface area contributed by atoms with Gasteiger partial charge in [-0.05, 0) is 76.2 Å². The summed E-state index contributed by atoms with van der Waals surface area (Å²) in [5, 5.41) is 4.08. The van der Waals surface area contributed by atoms with Gasteiger partial charge in [0.2, 0.25) is 0 Å². The maximum atomic E-state index is 12.1. The first-order chi connectivity index (χ1) is 14.1. The number of rotatable bonds is 7. The molecule has 0 spiro atoms. The molecule has 0 unspecified atom stereocenters. The maximum Gasteiger partial charge on any atom is 0.274 e. The highest BCUT2D eigenvalue weighted by Crippen LogP contribution is 2.28. The molecule has 6 nitrogen and oxygen atoms in total. The molecular weight excluding hydrogens is 505 g/mol. The number of carbonyl (C=O) groups excluding carboxylic acids is 1. The Bertz CT molecular complexity index is 1030. The van der Waals surface area contributed by atoms with Crippen LogP contribution in [0.15, 0.2) is 65.9 Å². The number of hydrazone groups is 1. The SMILES string of the molecule is COc1cc(C=NNC(=O)c2cccnc2Cl)ccc1OCc1ccc(I)cc1. The van der Waals surface area contributed by atoms with Crippen LogP contribution in [0.25, 0.3) is 0 Å². The number of nitrogens with one attached hydrogen (secondary N) is 1. The van der Waals surface area contributed by atoms with Crippen LogP contribution in [0, 0.1) is 3.57 Å². The Labute approximate surface area is 187 Å².